The van der Waals surface area contributed by atoms with E-state index in [1.807, 2.05) is 62.4 Å². The predicted octanol–water partition coefficient (Wildman–Crippen LogP) is 5.25. The summed E-state index contributed by atoms with van der Waals surface area (Å²) in [5.74, 6) is 0.297. The lowest BCUT2D eigenvalue weighted by molar-refractivity contribution is 0.491. The smallest absolute Gasteiger partial charge is 0.254 e. The van der Waals surface area contributed by atoms with E-state index in [9.17, 15) is 9.18 Å². The van der Waals surface area contributed by atoms with Gasteiger partial charge in [-0.05, 0) is 96.6 Å². The number of rotatable bonds is 5. The fourth-order valence-electron chi connectivity index (χ4n) is 5.72. The van der Waals surface area contributed by atoms with Crippen molar-refractivity contribution in [3.05, 3.63) is 117 Å². The summed E-state index contributed by atoms with van der Waals surface area (Å²) in [4.78, 5) is 19.1. The molecule has 1 aliphatic rings. The third kappa shape index (κ3) is 4.26. The molecule has 0 saturated carbocycles. The Hall–Kier alpha value is -4.33. The highest BCUT2D eigenvalue weighted by Crippen LogP contribution is 2.40. The van der Waals surface area contributed by atoms with Crippen molar-refractivity contribution in [2.45, 2.75) is 52.2 Å². The summed E-state index contributed by atoms with van der Waals surface area (Å²) in [6, 6.07) is 20.4. The molecular weight excluding hydrogens is 479 g/mol. The number of fused-ring (bicyclic) bond motifs is 2. The van der Waals surface area contributed by atoms with Crippen LogP contribution >= 0.6 is 0 Å². The number of hydrogen-bond donors (Lipinski definition) is 1. The van der Waals surface area contributed by atoms with Crippen LogP contribution in [-0.4, -0.2) is 31.2 Å². The summed E-state index contributed by atoms with van der Waals surface area (Å²) in [7, 11) is 0. The minimum absolute atomic E-state index is 0.0639. The largest absolute Gasteiger partial charge is 0.354 e. The van der Waals surface area contributed by atoms with Crippen LogP contribution in [0.25, 0.3) is 10.9 Å². The van der Waals surface area contributed by atoms with Crippen molar-refractivity contribution in [3.8, 4) is 0 Å². The number of aromatic nitrogens is 5. The lowest BCUT2D eigenvalue weighted by Gasteiger charge is -2.42. The molecule has 0 unspecified atom stereocenters. The lowest BCUT2D eigenvalue weighted by atomic mass is 9.91. The van der Waals surface area contributed by atoms with Crippen molar-refractivity contribution < 1.29 is 4.39 Å². The molecular formula is C30H29FN6O. The first-order chi connectivity index (χ1) is 18.4. The Morgan fingerprint density at radius 2 is 1.89 bits per heavy atom. The van der Waals surface area contributed by atoms with Gasteiger partial charge >= 0.3 is 0 Å². The van der Waals surface area contributed by atoms with Gasteiger partial charge < -0.3 is 9.88 Å². The number of nitrogens with one attached hydrogen (secondary N) is 1. The quantitative estimate of drug-likeness (QED) is 0.351. The molecule has 3 heterocycles. The molecule has 2 aromatic heterocycles. The number of aryl methyl sites for hydroxylation is 3. The van der Waals surface area contributed by atoms with E-state index >= 15 is 0 Å². The van der Waals surface area contributed by atoms with Crippen molar-refractivity contribution in [2.24, 2.45) is 0 Å². The van der Waals surface area contributed by atoms with Gasteiger partial charge in [0.1, 0.15) is 11.9 Å². The van der Waals surface area contributed by atoms with Crippen LogP contribution in [0, 0.1) is 19.7 Å². The Morgan fingerprint density at radius 3 is 2.71 bits per heavy atom. The van der Waals surface area contributed by atoms with Gasteiger partial charge in [0.2, 0.25) is 0 Å². The van der Waals surface area contributed by atoms with Crippen LogP contribution in [0.4, 0.5) is 10.1 Å². The van der Waals surface area contributed by atoms with Crippen LogP contribution in [0.3, 0.4) is 0 Å². The number of anilines is 1. The maximum atomic E-state index is 14.2. The third-order valence-corrected chi connectivity index (χ3v) is 7.52. The van der Waals surface area contributed by atoms with Crippen LogP contribution in [-0.2, 0) is 13.0 Å². The number of halogens is 1. The molecule has 8 heteroatoms. The second-order valence-electron chi connectivity index (χ2n) is 10.2. The van der Waals surface area contributed by atoms with Gasteiger partial charge in [-0.15, -0.1) is 5.10 Å². The van der Waals surface area contributed by atoms with Crippen LogP contribution in [0.2, 0.25) is 0 Å². The van der Waals surface area contributed by atoms with Crippen molar-refractivity contribution in [2.75, 3.05) is 4.90 Å². The number of tetrazole rings is 1. The van der Waals surface area contributed by atoms with Crippen LogP contribution < -0.4 is 10.5 Å². The molecule has 1 N–H and O–H groups in total. The van der Waals surface area contributed by atoms with Crippen LogP contribution in [0.15, 0.2) is 71.5 Å². The van der Waals surface area contributed by atoms with E-state index in [0.29, 0.717) is 17.9 Å². The topological polar surface area (TPSA) is 79.7 Å². The van der Waals surface area contributed by atoms with Crippen molar-refractivity contribution in [1.29, 1.82) is 0 Å². The maximum Gasteiger partial charge on any atom is 0.254 e. The zero-order valence-electron chi connectivity index (χ0n) is 21.6. The fraction of sp³-hybridized carbons (Fsp3) is 0.267. The monoisotopic (exact) mass is 508 g/mol. The molecule has 192 valence electrons. The first kappa shape index (κ1) is 24.0. The highest BCUT2D eigenvalue weighted by molar-refractivity contribution is 5.83. The molecule has 0 spiro atoms. The van der Waals surface area contributed by atoms with Gasteiger partial charge in [0.15, 0.2) is 5.82 Å². The summed E-state index contributed by atoms with van der Waals surface area (Å²) < 4.78 is 16.0. The van der Waals surface area contributed by atoms with Gasteiger partial charge in [0.05, 0.1) is 6.54 Å². The first-order valence-corrected chi connectivity index (χ1v) is 12.9. The van der Waals surface area contributed by atoms with E-state index in [2.05, 4.69) is 38.4 Å². The number of H-pyrrole nitrogens is 1. The molecule has 5 aromatic rings. The number of hydrogen-bond acceptors (Lipinski definition) is 5. The lowest BCUT2D eigenvalue weighted by Crippen LogP contribution is -2.43. The van der Waals surface area contributed by atoms with Gasteiger partial charge in [0.25, 0.3) is 5.56 Å². The summed E-state index contributed by atoms with van der Waals surface area (Å²) in [5.41, 5.74) is 6.18. The second kappa shape index (κ2) is 9.52. The van der Waals surface area contributed by atoms with E-state index in [-0.39, 0.29) is 17.4 Å². The summed E-state index contributed by atoms with van der Waals surface area (Å²) in [6.07, 6.45) is 1.58. The van der Waals surface area contributed by atoms with Crippen LogP contribution in [0.1, 0.15) is 53.0 Å². The minimum Gasteiger partial charge on any atom is -0.354 e. The van der Waals surface area contributed by atoms with E-state index in [1.54, 1.807) is 10.7 Å². The van der Waals surface area contributed by atoms with Gasteiger partial charge in [-0.25, -0.2) is 9.07 Å². The number of aromatic amines is 1. The number of pyridine rings is 1. The summed E-state index contributed by atoms with van der Waals surface area (Å²) >= 11 is 0. The van der Waals surface area contributed by atoms with Crippen molar-refractivity contribution >= 4 is 16.6 Å². The highest BCUT2D eigenvalue weighted by Gasteiger charge is 2.36. The average Bonchev–Trinajstić information content (AvgIpc) is 3.34. The first-order valence-electron chi connectivity index (χ1n) is 12.9. The van der Waals surface area contributed by atoms with Gasteiger partial charge in [-0.1, -0.05) is 36.4 Å². The highest BCUT2D eigenvalue weighted by atomic mass is 19.1. The molecule has 1 aliphatic heterocycles. The van der Waals surface area contributed by atoms with E-state index in [0.717, 1.165) is 51.7 Å². The summed E-state index contributed by atoms with van der Waals surface area (Å²) in [5, 5.41) is 13.8. The molecule has 3 aromatic carbocycles. The molecule has 0 aliphatic carbocycles. The second-order valence-corrected chi connectivity index (χ2v) is 10.2. The molecule has 0 saturated heterocycles. The standard InChI is InChI=1S/C30H29FN6O/c1-18-13-19(2)24-16-25(30(38)32-26(24)14-18)28(29-33-34-35-36(29)17-21-7-5-4-6-8-21)37-20(3)9-10-22-15-23(31)11-12-27(22)37/h4-8,11-16,20,28H,9-10,17H2,1-3H3,(H,32,38)/t20-,28+/m1/s1. The molecule has 0 amide bonds. The number of nitrogens with zero attached hydrogens (tertiary/aromatic N) is 5. The fourth-order valence-corrected chi connectivity index (χ4v) is 5.72. The summed E-state index contributed by atoms with van der Waals surface area (Å²) in [6.45, 7) is 6.66. The van der Waals surface area contributed by atoms with E-state index in [4.69, 9.17) is 0 Å². The average molecular weight is 509 g/mol. The van der Waals surface area contributed by atoms with Crippen molar-refractivity contribution in [3.63, 3.8) is 0 Å². The molecule has 0 radical (unpaired) electrons. The Balaban J connectivity index is 1.59. The Morgan fingerprint density at radius 1 is 1.08 bits per heavy atom. The number of benzene rings is 3. The van der Waals surface area contributed by atoms with E-state index < -0.39 is 6.04 Å². The SMILES string of the molecule is Cc1cc(C)c2cc([C@@H](c3nnnn3Cc3ccccc3)N3c4ccc(F)cc4CC[C@H]3C)c(=O)[nH]c2c1. The van der Waals surface area contributed by atoms with Gasteiger partial charge in [-0.2, -0.15) is 0 Å². The molecule has 0 fully saturated rings. The van der Waals surface area contributed by atoms with Crippen LogP contribution in [0.5, 0.6) is 0 Å². The minimum atomic E-state index is -0.581. The zero-order valence-corrected chi connectivity index (χ0v) is 21.6. The van der Waals surface area contributed by atoms with Gasteiger partial charge in [0, 0.05) is 28.2 Å². The van der Waals surface area contributed by atoms with E-state index in [1.165, 1.54) is 6.07 Å². The predicted molar refractivity (Wildman–Crippen MR) is 146 cm³/mol. The maximum absolute atomic E-state index is 14.2. The Labute approximate surface area is 219 Å². The molecule has 6 rings (SSSR count). The molecule has 2 atom stereocenters. The third-order valence-electron chi connectivity index (χ3n) is 7.52. The zero-order chi connectivity index (χ0) is 26.4. The Kier molecular flexibility index (Phi) is 6.02. The normalized spacial score (nSPS) is 16.0. The van der Waals surface area contributed by atoms with Gasteiger partial charge in [-0.3, -0.25) is 4.79 Å². The Bertz CT molecular complexity index is 1690. The molecule has 0 bridgehead atoms. The molecule has 38 heavy (non-hydrogen) atoms. The van der Waals surface area contributed by atoms with Crippen molar-refractivity contribution in [1.82, 2.24) is 25.2 Å². The molecule has 7 nitrogen and oxygen atoms in total.